The van der Waals surface area contributed by atoms with Gasteiger partial charge in [-0.15, -0.1) is 0 Å². The minimum Gasteiger partial charge on any atom is -0.481 e. The van der Waals surface area contributed by atoms with E-state index in [1.807, 2.05) is 6.92 Å². The summed E-state index contributed by atoms with van der Waals surface area (Å²) >= 11 is 0. The van der Waals surface area contributed by atoms with E-state index in [1.54, 1.807) is 0 Å². The first-order valence-corrected chi connectivity index (χ1v) is 20.4. The molecule has 8 N–H and O–H groups in total. The number of allylic oxidation sites excluding steroid dienone is 1. The summed E-state index contributed by atoms with van der Waals surface area (Å²) in [6.45, 7) is 15.0. The van der Waals surface area contributed by atoms with Crippen LogP contribution in [0.4, 0.5) is 0 Å². The lowest BCUT2D eigenvalue weighted by atomic mass is 9.32. The number of carbonyl (C=O) groups is 2. The molecular weight excluding hydrogens is 716 g/mol. The number of carboxylic acid groups (broad SMARTS) is 2. The molecule has 0 bridgehead atoms. The molecule has 2 aliphatic heterocycles. The van der Waals surface area contributed by atoms with E-state index in [-0.39, 0.29) is 59.0 Å². The zero-order valence-corrected chi connectivity index (χ0v) is 32.9. The zero-order chi connectivity index (χ0) is 40.2. The maximum atomic E-state index is 13.1. The Hall–Kier alpha value is -1.72. The third-order valence-electron chi connectivity index (χ3n) is 17.4. The van der Waals surface area contributed by atoms with Crippen LogP contribution >= 0.6 is 0 Å². The zero-order valence-electron chi connectivity index (χ0n) is 32.9. The second kappa shape index (κ2) is 14.2. The quantitative estimate of drug-likeness (QED) is 0.131. The first-order valence-electron chi connectivity index (χ1n) is 20.4. The maximum Gasteiger partial charge on any atom is 0.335 e. The summed E-state index contributed by atoms with van der Waals surface area (Å²) in [5, 5.41) is 84.7. The largest absolute Gasteiger partial charge is 0.481 e. The molecule has 14 heteroatoms. The Bertz CT molecular complexity index is 1510. The first kappa shape index (κ1) is 41.4. The van der Waals surface area contributed by atoms with Gasteiger partial charge in [0.25, 0.3) is 0 Å². The van der Waals surface area contributed by atoms with E-state index >= 15 is 0 Å². The van der Waals surface area contributed by atoms with E-state index in [2.05, 4.69) is 34.3 Å². The number of hydrogen-bond donors (Lipinski definition) is 8. The van der Waals surface area contributed by atoms with Crippen molar-refractivity contribution in [3.63, 3.8) is 0 Å². The van der Waals surface area contributed by atoms with Crippen LogP contribution in [-0.4, -0.2) is 127 Å². The Morgan fingerprint density at radius 3 is 2.11 bits per heavy atom. The third-order valence-corrected chi connectivity index (χ3v) is 17.4. The number of hydrogen-bond acceptors (Lipinski definition) is 12. The van der Waals surface area contributed by atoms with Gasteiger partial charge in [-0.2, -0.15) is 0 Å². The number of carboxylic acids is 2. The van der Waals surface area contributed by atoms with Gasteiger partial charge in [0.2, 0.25) is 0 Å². The average molecular weight is 781 g/mol. The van der Waals surface area contributed by atoms with Gasteiger partial charge in [-0.05, 0) is 117 Å². The average Bonchev–Trinajstić information content (AvgIpc) is 3.54. The van der Waals surface area contributed by atoms with E-state index in [4.69, 9.17) is 18.9 Å². The monoisotopic (exact) mass is 780 g/mol. The van der Waals surface area contributed by atoms with Crippen molar-refractivity contribution in [2.24, 2.45) is 56.7 Å². The molecule has 0 spiro atoms. The molecule has 7 rings (SSSR count). The molecule has 7 aliphatic rings. The molecule has 55 heavy (non-hydrogen) atoms. The van der Waals surface area contributed by atoms with Crippen LogP contribution in [0, 0.1) is 56.7 Å². The second-order valence-electron chi connectivity index (χ2n) is 19.6. The van der Waals surface area contributed by atoms with Crippen molar-refractivity contribution < 1.29 is 69.4 Å². The Kier molecular flexibility index (Phi) is 10.7. The molecule has 5 aliphatic carbocycles. The summed E-state index contributed by atoms with van der Waals surface area (Å²) in [7, 11) is 0. The van der Waals surface area contributed by atoms with E-state index in [1.165, 1.54) is 0 Å². The summed E-state index contributed by atoms with van der Waals surface area (Å²) < 4.78 is 23.7. The fourth-order valence-electron chi connectivity index (χ4n) is 14.3. The Balaban J connectivity index is 1.16. The van der Waals surface area contributed by atoms with Gasteiger partial charge in [0.05, 0.1) is 24.7 Å². The number of aliphatic carboxylic acids is 2. The molecule has 2 saturated heterocycles. The van der Waals surface area contributed by atoms with Crippen molar-refractivity contribution in [3.05, 3.63) is 12.2 Å². The highest BCUT2D eigenvalue weighted by Gasteiger charge is 2.72. The number of aliphatic hydroxyl groups is 6. The molecule has 0 amide bonds. The van der Waals surface area contributed by atoms with Crippen LogP contribution in [0.25, 0.3) is 0 Å². The summed E-state index contributed by atoms with van der Waals surface area (Å²) in [6.07, 6.45) is -7.96. The van der Waals surface area contributed by atoms with Crippen molar-refractivity contribution in [1.82, 2.24) is 0 Å². The first-order chi connectivity index (χ1) is 25.7. The predicted octanol–water partition coefficient (Wildman–Crippen LogP) is 2.44. The molecule has 312 valence electrons. The van der Waals surface area contributed by atoms with Crippen molar-refractivity contribution in [2.45, 2.75) is 160 Å². The van der Waals surface area contributed by atoms with Crippen molar-refractivity contribution >= 4 is 11.9 Å². The molecule has 14 nitrogen and oxygen atoms in total. The van der Waals surface area contributed by atoms with E-state index in [9.17, 15) is 50.4 Å². The van der Waals surface area contributed by atoms with Gasteiger partial charge >= 0.3 is 11.9 Å². The smallest absolute Gasteiger partial charge is 0.335 e. The van der Waals surface area contributed by atoms with Crippen LogP contribution in [0.15, 0.2) is 12.2 Å². The summed E-state index contributed by atoms with van der Waals surface area (Å²) in [6, 6.07) is 0. The van der Waals surface area contributed by atoms with Gasteiger partial charge < -0.3 is 59.8 Å². The molecular formula is C41H64O14. The second-order valence-corrected chi connectivity index (χ2v) is 19.6. The topological polar surface area (TPSA) is 233 Å². The van der Waals surface area contributed by atoms with E-state index in [0.717, 1.165) is 50.5 Å². The normalized spacial score (nSPS) is 55.0. The van der Waals surface area contributed by atoms with E-state index < -0.39 is 84.2 Å². The van der Waals surface area contributed by atoms with Gasteiger partial charge in [0.15, 0.2) is 18.7 Å². The van der Waals surface area contributed by atoms with Gasteiger partial charge in [0.1, 0.15) is 36.6 Å². The molecule has 0 aromatic heterocycles. The fraction of sp³-hybridized carbons (Fsp3) is 0.902. The molecule has 2 unspecified atom stereocenters. The molecule has 5 saturated carbocycles. The summed E-state index contributed by atoms with van der Waals surface area (Å²) in [4.78, 5) is 25.2. The van der Waals surface area contributed by atoms with Crippen LogP contribution in [0.5, 0.6) is 0 Å². The molecule has 2 heterocycles. The summed E-state index contributed by atoms with van der Waals surface area (Å²) in [5.41, 5.74) is -0.866. The molecule has 7 fully saturated rings. The standard InChI is InChI=1S/C41H64O14/c1-19(2)20-9-14-41(36(50)51)16-15-39(5)21(26(20)41)7-8-24-37(3)12-11-25(38(4,18-42)23(37)10-13-40(24,39)6)53-35-32(29(46)28(45)31(54-35)33(48)49)55-34-30(47)27(44)22(43)17-52-34/h20-32,34-35,42-47H,1,7-18H2,2-6H3,(H,48,49)(H,50,51)/t20-,21+,22+,23?,24+,25-,26?,27-,28-,29-,30+,31-,32+,34-,35+,37-,38-,39+,40+,41-/m0/s1. The van der Waals surface area contributed by atoms with Crippen molar-refractivity contribution in [2.75, 3.05) is 13.2 Å². The maximum absolute atomic E-state index is 13.1. The van der Waals surface area contributed by atoms with Gasteiger partial charge in [-0.1, -0.05) is 39.8 Å². The Morgan fingerprint density at radius 1 is 0.764 bits per heavy atom. The highest BCUT2D eigenvalue weighted by atomic mass is 16.8. The highest BCUT2D eigenvalue weighted by molar-refractivity contribution is 5.76. The van der Waals surface area contributed by atoms with E-state index in [0.29, 0.717) is 19.3 Å². The lowest BCUT2D eigenvalue weighted by molar-refractivity contribution is -0.368. The van der Waals surface area contributed by atoms with Crippen LogP contribution < -0.4 is 0 Å². The number of ether oxygens (including phenoxy) is 4. The lowest BCUT2D eigenvalue weighted by Crippen LogP contribution is -2.68. The van der Waals surface area contributed by atoms with Crippen LogP contribution in [0.3, 0.4) is 0 Å². The Morgan fingerprint density at radius 2 is 1.47 bits per heavy atom. The minimum absolute atomic E-state index is 0.0211. The van der Waals surface area contributed by atoms with Gasteiger partial charge in [0, 0.05) is 5.41 Å². The number of aliphatic hydroxyl groups excluding tert-OH is 6. The fourth-order valence-corrected chi connectivity index (χ4v) is 14.3. The number of fused-ring (bicyclic) bond motifs is 7. The molecule has 0 radical (unpaired) electrons. The predicted molar refractivity (Wildman–Crippen MR) is 194 cm³/mol. The molecule has 0 aromatic carbocycles. The van der Waals surface area contributed by atoms with Crippen LogP contribution in [-0.2, 0) is 28.5 Å². The van der Waals surface area contributed by atoms with Crippen molar-refractivity contribution in [1.29, 1.82) is 0 Å². The van der Waals surface area contributed by atoms with Crippen LogP contribution in [0.1, 0.15) is 98.8 Å². The SMILES string of the molecule is C=C(C)[C@@H]1CC[C@]2(C(=O)O)CC[C@]3(C)[C@H](CC[C@@H]4[C@@]5(C)CC[C@H](O[C@@H]6O[C@H](C(=O)O)[C@@H](O)[C@H](O)[C@H]6O[C@@H]6OC[C@@H](O)[C@H](O)[C@H]6O)[C@@](C)(CO)C5CC[C@]43C)C12. The van der Waals surface area contributed by atoms with Gasteiger partial charge in [-0.25, -0.2) is 4.79 Å². The minimum atomic E-state index is -1.93. The number of rotatable bonds is 8. The van der Waals surface area contributed by atoms with Gasteiger partial charge in [-0.3, -0.25) is 4.79 Å². The van der Waals surface area contributed by atoms with Crippen molar-refractivity contribution in [3.8, 4) is 0 Å². The molecule has 0 aromatic rings. The third kappa shape index (κ3) is 5.93. The summed E-state index contributed by atoms with van der Waals surface area (Å²) in [5.74, 6) is -1.42. The van der Waals surface area contributed by atoms with Crippen LogP contribution in [0.2, 0.25) is 0 Å². The molecule has 20 atom stereocenters. The Labute approximate surface area is 323 Å². The lowest BCUT2D eigenvalue weighted by Gasteiger charge is -2.73. The highest BCUT2D eigenvalue weighted by Crippen LogP contribution is 2.77.